The molecule has 0 fully saturated rings. The maximum Gasteiger partial charge on any atom is 0.130 e. The van der Waals surface area contributed by atoms with Crippen molar-refractivity contribution in [3.8, 4) is 0 Å². The van der Waals surface area contributed by atoms with Crippen molar-refractivity contribution in [2.75, 3.05) is 0 Å². The van der Waals surface area contributed by atoms with Gasteiger partial charge < -0.3 is 4.79 Å². The molecule has 10 heavy (non-hydrogen) atoms. The Morgan fingerprint density at radius 3 is 2.80 bits per heavy atom. The Morgan fingerprint density at radius 2 is 2.40 bits per heavy atom. The van der Waals surface area contributed by atoms with Crippen LogP contribution in [0.15, 0.2) is 24.3 Å². The van der Waals surface area contributed by atoms with Crippen molar-refractivity contribution in [1.29, 1.82) is 0 Å². The molecule has 0 heterocycles. The molecule has 1 rings (SSSR count). The predicted molar refractivity (Wildman–Crippen MR) is 41.7 cm³/mol. The Balaban J connectivity index is 2.86. The number of allylic oxidation sites excluding steroid dienone is 3. The highest BCUT2D eigenvalue weighted by Crippen LogP contribution is 2.33. The smallest absolute Gasteiger partial charge is 0.130 e. The molecule has 0 aromatic rings. The topological polar surface area (TPSA) is 17.1 Å². The minimum absolute atomic E-state index is 0.283. The van der Waals surface area contributed by atoms with Crippen molar-refractivity contribution in [3.05, 3.63) is 24.3 Å². The number of aldehydes is 1. The van der Waals surface area contributed by atoms with Crippen LogP contribution in [0.2, 0.25) is 0 Å². The Labute approximate surface area is 61.4 Å². The molecule has 1 aliphatic rings. The Hall–Kier alpha value is -0.850. The summed E-state index contributed by atoms with van der Waals surface area (Å²) in [6.07, 6.45) is 6.78. The Kier molecular flexibility index (Phi) is 1.75. The first-order valence-electron chi connectivity index (χ1n) is 3.48. The summed E-state index contributed by atoms with van der Waals surface area (Å²) in [6.45, 7) is 5.79. The molecule has 0 unspecified atom stereocenters. The fourth-order valence-electron chi connectivity index (χ4n) is 1.06. The molecule has 1 nitrogen and oxygen atoms in total. The van der Waals surface area contributed by atoms with Gasteiger partial charge in [-0.15, -0.1) is 0 Å². The minimum atomic E-state index is -0.283. The van der Waals surface area contributed by atoms with Crippen LogP contribution in [-0.4, -0.2) is 6.29 Å². The summed E-state index contributed by atoms with van der Waals surface area (Å²) < 4.78 is 0. The largest absolute Gasteiger partial charge is 0.302 e. The molecule has 0 saturated heterocycles. The molecule has 0 aromatic carbocycles. The Morgan fingerprint density at radius 1 is 1.70 bits per heavy atom. The minimum Gasteiger partial charge on any atom is -0.302 e. The molecule has 1 atom stereocenters. The zero-order valence-corrected chi connectivity index (χ0v) is 6.26. The fraction of sp³-hybridized carbons (Fsp3) is 0.444. The van der Waals surface area contributed by atoms with Crippen LogP contribution in [0.25, 0.3) is 0 Å². The van der Waals surface area contributed by atoms with Crippen LogP contribution in [0, 0.1) is 5.41 Å². The SMILES string of the molecule is C=C1CC=CC[C@@]1(C)C=O. The van der Waals surface area contributed by atoms with E-state index in [1.165, 1.54) is 0 Å². The van der Waals surface area contributed by atoms with E-state index in [1.807, 2.05) is 13.0 Å². The summed E-state index contributed by atoms with van der Waals surface area (Å²) in [5.74, 6) is 0. The maximum atomic E-state index is 10.6. The van der Waals surface area contributed by atoms with E-state index in [4.69, 9.17) is 0 Å². The van der Waals surface area contributed by atoms with Gasteiger partial charge in [-0.25, -0.2) is 0 Å². The van der Waals surface area contributed by atoms with Crippen molar-refractivity contribution < 1.29 is 4.79 Å². The van der Waals surface area contributed by atoms with Crippen LogP contribution in [-0.2, 0) is 4.79 Å². The van der Waals surface area contributed by atoms with E-state index in [1.54, 1.807) is 0 Å². The van der Waals surface area contributed by atoms with Gasteiger partial charge in [-0.1, -0.05) is 24.3 Å². The summed E-state index contributed by atoms with van der Waals surface area (Å²) in [6, 6.07) is 0. The molecule has 0 bridgehead atoms. The third-order valence-corrected chi connectivity index (χ3v) is 2.14. The quantitative estimate of drug-likeness (QED) is 0.398. The number of hydrogen-bond donors (Lipinski definition) is 0. The van der Waals surface area contributed by atoms with E-state index < -0.39 is 0 Å². The van der Waals surface area contributed by atoms with E-state index in [2.05, 4.69) is 12.7 Å². The van der Waals surface area contributed by atoms with Gasteiger partial charge in [-0.05, 0) is 19.8 Å². The van der Waals surface area contributed by atoms with Gasteiger partial charge in [0.2, 0.25) is 0 Å². The lowest BCUT2D eigenvalue weighted by molar-refractivity contribution is -0.113. The summed E-state index contributed by atoms with van der Waals surface area (Å²) in [5.41, 5.74) is 0.749. The fourth-order valence-corrected chi connectivity index (χ4v) is 1.06. The van der Waals surface area contributed by atoms with Crippen LogP contribution < -0.4 is 0 Å². The number of rotatable bonds is 1. The van der Waals surface area contributed by atoms with Crippen molar-refractivity contribution in [1.82, 2.24) is 0 Å². The normalized spacial score (nSPS) is 32.3. The van der Waals surface area contributed by atoms with Gasteiger partial charge in [0.15, 0.2) is 0 Å². The Bertz CT molecular complexity index is 191. The third kappa shape index (κ3) is 1.04. The maximum absolute atomic E-state index is 10.6. The van der Waals surface area contributed by atoms with Crippen LogP contribution in [0.4, 0.5) is 0 Å². The summed E-state index contributed by atoms with van der Waals surface area (Å²) in [4.78, 5) is 10.6. The van der Waals surface area contributed by atoms with Gasteiger partial charge in [-0.2, -0.15) is 0 Å². The number of carbonyl (C=O) groups is 1. The molecule has 0 amide bonds. The highest BCUT2D eigenvalue weighted by atomic mass is 16.1. The monoisotopic (exact) mass is 136 g/mol. The molecule has 54 valence electrons. The average molecular weight is 136 g/mol. The second-order valence-electron chi connectivity index (χ2n) is 3.02. The molecule has 0 aliphatic heterocycles. The molecular formula is C9H12O. The molecular weight excluding hydrogens is 124 g/mol. The summed E-state index contributed by atoms with van der Waals surface area (Å²) >= 11 is 0. The lowest BCUT2D eigenvalue weighted by Gasteiger charge is -2.26. The van der Waals surface area contributed by atoms with E-state index in [-0.39, 0.29) is 5.41 Å². The van der Waals surface area contributed by atoms with Crippen molar-refractivity contribution >= 4 is 6.29 Å². The van der Waals surface area contributed by atoms with E-state index in [0.29, 0.717) is 0 Å². The van der Waals surface area contributed by atoms with Crippen LogP contribution in [0.5, 0.6) is 0 Å². The third-order valence-electron chi connectivity index (χ3n) is 2.14. The zero-order chi connectivity index (χ0) is 7.61. The number of hydrogen-bond acceptors (Lipinski definition) is 1. The van der Waals surface area contributed by atoms with E-state index >= 15 is 0 Å². The lowest BCUT2D eigenvalue weighted by atomic mass is 9.77. The molecule has 0 spiro atoms. The van der Waals surface area contributed by atoms with Gasteiger partial charge in [-0.3, -0.25) is 0 Å². The summed E-state index contributed by atoms with van der Waals surface area (Å²) in [5, 5.41) is 0. The molecule has 1 heteroatoms. The van der Waals surface area contributed by atoms with Gasteiger partial charge in [0.25, 0.3) is 0 Å². The van der Waals surface area contributed by atoms with Crippen molar-refractivity contribution in [2.24, 2.45) is 5.41 Å². The predicted octanol–water partition coefficient (Wildman–Crippen LogP) is 2.10. The van der Waals surface area contributed by atoms with Crippen LogP contribution in [0.1, 0.15) is 19.8 Å². The molecule has 1 aliphatic carbocycles. The standard InChI is InChI=1S/C9H12O/c1-8-5-3-4-6-9(8,2)7-10/h3-4,7H,1,5-6H2,2H3/t9-/m0/s1. The summed E-state index contributed by atoms with van der Waals surface area (Å²) in [7, 11) is 0. The van der Waals surface area contributed by atoms with Crippen molar-refractivity contribution in [2.45, 2.75) is 19.8 Å². The molecule has 0 N–H and O–H groups in total. The molecule has 0 aromatic heterocycles. The van der Waals surface area contributed by atoms with E-state index in [0.717, 1.165) is 24.7 Å². The zero-order valence-electron chi connectivity index (χ0n) is 6.26. The van der Waals surface area contributed by atoms with Crippen LogP contribution >= 0.6 is 0 Å². The lowest BCUT2D eigenvalue weighted by Crippen LogP contribution is -2.21. The highest BCUT2D eigenvalue weighted by Gasteiger charge is 2.26. The van der Waals surface area contributed by atoms with Gasteiger partial charge in [0.1, 0.15) is 6.29 Å². The van der Waals surface area contributed by atoms with E-state index in [9.17, 15) is 4.79 Å². The number of carbonyl (C=O) groups excluding carboxylic acids is 1. The highest BCUT2D eigenvalue weighted by molar-refractivity contribution is 5.65. The van der Waals surface area contributed by atoms with Crippen molar-refractivity contribution in [3.63, 3.8) is 0 Å². The molecule has 0 radical (unpaired) electrons. The molecule has 0 saturated carbocycles. The average Bonchev–Trinajstić information content (AvgIpc) is 1.96. The van der Waals surface area contributed by atoms with Gasteiger partial charge in [0, 0.05) is 5.41 Å². The van der Waals surface area contributed by atoms with Crippen LogP contribution in [0.3, 0.4) is 0 Å². The first-order valence-corrected chi connectivity index (χ1v) is 3.48. The first-order chi connectivity index (χ1) is 4.69. The second-order valence-corrected chi connectivity index (χ2v) is 3.02. The van der Waals surface area contributed by atoms with Gasteiger partial charge >= 0.3 is 0 Å². The van der Waals surface area contributed by atoms with Gasteiger partial charge in [0.05, 0.1) is 0 Å². The first kappa shape index (κ1) is 7.26. The second kappa shape index (κ2) is 2.41.